The van der Waals surface area contributed by atoms with E-state index in [-0.39, 0.29) is 0 Å². The molecule has 2 rings (SSSR count). The minimum Gasteiger partial charge on any atom is -0.317 e. The Morgan fingerprint density at radius 1 is 1.24 bits per heavy atom. The van der Waals surface area contributed by atoms with Crippen LogP contribution in [0.5, 0.6) is 0 Å². The summed E-state index contributed by atoms with van der Waals surface area (Å²) in [6.07, 6.45) is 2.40. The first kappa shape index (κ1) is 16.5. The van der Waals surface area contributed by atoms with Gasteiger partial charge in [0.15, 0.2) is 9.84 Å². The van der Waals surface area contributed by atoms with Crippen LogP contribution in [0.3, 0.4) is 0 Å². The third-order valence-corrected chi connectivity index (χ3v) is 5.94. The normalized spacial score (nSPS) is 27.7. The molecule has 0 spiro atoms. The summed E-state index contributed by atoms with van der Waals surface area (Å²) in [5, 5.41) is 3.40. The number of piperidine rings is 1. The summed E-state index contributed by atoms with van der Waals surface area (Å²) in [7, 11) is -1.07. The Labute approximate surface area is 128 Å². The third-order valence-electron chi connectivity index (χ3n) is 4.81. The van der Waals surface area contributed by atoms with Crippen LogP contribution in [0.2, 0.25) is 0 Å². The topological polar surface area (TPSA) is 49.4 Å². The fourth-order valence-electron chi connectivity index (χ4n) is 3.15. The van der Waals surface area contributed by atoms with Crippen LogP contribution in [0, 0.1) is 5.92 Å². The van der Waals surface area contributed by atoms with E-state index >= 15 is 0 Å². The SMILES string of the molecule is CNC1CCN(Cc2ccc(S(C)(=O)=O)cc2)C(C)C1C. The van der Waals surface area contributed by atoms with Gasteiger partial charge in [0.05, 0.1) is 4.90 Å². The van der Waals surface area contributed by atoms with Crippen LogP contribution >= 0.6 is 0 Å². The van der Waals surface area contributed by atoms with Crippen LogP contribution in [0.1, 0.15) is 25.8 Å². The van der Waals surface area contributed by atoms with E-state index in [9.17, 15) is 8.42 Å². The maximum Gasteiger partial charge on any atom is 0.175 e. The molecule has 1 saturated heterocycles. The van der Waals surface area contributed by atoms with Crippen molar-refractivity contribution in [1.82, 2.24) is 10.2 Å². The number of nitrogens with one attached hydrogen (secondary N) is 1. The Morgan fingerprint density at radius 3 is 2.38 bits per heavy atom. The van der Waals surface area contributed by atoms with Gasteiger partial charge in [0, 0.05) is 31.4 Å². The van der Waals surface area contributed by atoms with Crippen molar-refractivity contribution in [2.75, 3.05) is 19.8 Å². The molecule has 21 heavy (non-hydrogen) atoms. The number of nitrogens with zero attached hydrogens (tertiary/aromatic N) is 1. The van der Waals surface area contributed by atoms with Crippen molar-refractivity contribution in [2.24, 2.45) is 5.92 Å². The van der Waals surface area contributed by atoms with E-state index in [2.05, 4.69) is 24.1 Å². The van der Waals surface area contributed by atoms with Crippen LogP contribution in [0.15, 0.2) is 29.2 Å². The Morgan fingerprint density at radius 2 is 1.86 bits per heavy atom. The van der Waals surface area contributed by atoms with Crippen LogP contribution in [0.25, 0.3) is 0 Å². The molecular formula is C16H26N2O2S. The predicted molar refractivity (Wildman–Crippen MR) is 86.1 cm³/mol. The van der Waals surface area contributed by atoms with E-state index in [1.165, 1.54) is 11.8 Å². The maximum absolute atomic E-state index is 11.5. The molecule has 1 aromatic carbocycles. The molecule has 0 radical (unpaired) electrons. The zero-order valence-corrected chi connectivity index (χ0v) is 14.2. The minimum absolute atomic E-state index is 0.390. The number of hydrogen-bond donors (Lipinski definition) is 1. The lowest BCUT2D eigenvalue weighted by Crippen LogP contribution is -2.52. The van der Waals surface area contributed by atoms with Crippen LogP contribution in [-0.4, -0.2) is 45.2 Å². The van der Waals surface area contributed by atoms with Gasteiger partial charge in [-0.3, -0.25) is 4.90 Å². The zero-order valence-electron chi connectivity index (χ0n) is 13.3. The lowest BCUT2D eigenvalue weighted by molar-refractivity contribution is 0.0811. The number of rotatable bonds is 4. The molecule has 1 heterocycles. The fraction of sp³-hybridized carbons (Fsp3) is 0.625. The van der Waals surface area contributed by atoms with Gasteiger partial charge in [-0.1, -0.05) is 19.1 Å². The van der Waals surface area contributed by atoms with Gasteiger partial charge in [-0.05, 0) is 44.0 Å². The predicted octanol–water partition coefficient (Wildman–Crippen LogP) is 1.91. The highest BCUT2D eigenvalue weighted by molar-refractivity contribution is 7.90. The molecule has 0 aliphatic carbocycles. The van der Waals surface area contributed by atoms with Gasteiger partial charge in [-0.15, -0.1) is 0 Å². The molecule has 1 aromatic rings. The van der Waals surface area contributed by atoms with Gasteiger partial charge in [-0.25, -0.2) is 8.42 Å². The monoisotopic (exact) mass is 310 g/mol. The summed E-state index contributed by atoms with van der Waals surface area (Å²) in [6, 6.07) is 8.38. The molecule has 0 amide bonds. The fourth-order valence-corrected chi connectivity index (χ4v) is 3.78. The summed E-state index contributed by atoms with van der Waals surface area (Å²) in [5.41, 5.74) is 1.17. The van der Waals surface area contributed by atoms with E-state index < -0.39 is 9.84 Å². The van der Waals surface area contributed by atoms with Gasteiger partial charge in [-0.2, -0.15) is 0 Å². The average molecular weight is 310 g/mol. The van der Waals surface area contributed by atoms with Gasteiger partial charge >= 0.3 is 0 Å². The van der Waals surface area contributed by atoms with Crippen LogP contribution < -0.4 is 5.32 Å². The standard InChI is InChI=1S/C16H26N2O2S/c1-12-13(2)18(10-9-16(12)17-3)11-14-5-7-15(8-6-14)21(4,19)20/h5-8,12-13,16-17H,9-11H2,1-4H3. The Bertz CT molecular complexity index is 568. The van der Waals surface area contributed by atoms with E-state index in [4.69, 9.17) is 0 Å². The van der Waals surface area contributed by atoms with Crippen molar-refractivity contribution >= 4 is 9.84 Å². The van der Waals surface area contributed by atoms with Gasteiger partial charge in [0.1, 0.15) is 0 Å². The second kappa shape index (κ2) is 6.46. The smallest absolute Gasteiger partial charge is 0.175 e. The molecule has 3 atom stereocenters. The molecule has 0 bridgehead atoms. The average Bonchev–Trinajstić information content (AvgIpc) is 2.44. The highest BCUT2D eigenvalue weighted by Gasteiger charge is 2.31. The largest absolute Gasteiger partial charge is 0.317 e. The van der Waals surface area contributed by atoms with Gasteiger partial charge in [0.2, 0.25) is 0 Å². The summed E-state index contributed by atoms with van der Waals surface area (Å²) in [6.45, 7) is 6.53. The van der Waals surface area contributed by atoms with Gasteiger partial charge in [0.25, 0.3) is 0 Å². The van der Waals surface area contributed by atoms with Crippen LogP contribution in [-0.2, 0) is 16.4 Å². The lowest BCUT2D eigenvalue weighted by Gasteiger charge is -2.42. The molecule has 1 aliphatic rings. The van der Waals surface area contributed by atoms with Crippen molar-refractivity contribution in [3.8, 4) is 0 Å². The molecule has 1 N–H and O–H groups in total. The summed E-state index contributed by atoms with van der Waals surface area (Å²) >= 11 is 0. The molecule has 3 unspecified atom stereocenters. The van der Waals surface area contributed by atoms with Crippen molar-refractivity contribution in [1.29, 1.82) is 0 Å². The molecule has 0 aromatic heterocycles. The van der Waals surface area contributed by atoms with Crippen LogP contribution in [0.4, 0.5) is 0 Å². The molecule has 118 valence electrons. The molecular weight excluding hydrogens is 284 g/mol. The number of hydrogen-bond acceptors (Lipinski definition) is 4. The Hall–Kier alpha value is -0.910. The van der Waals surface area contributed by atoms with E-state index in [0.717, 1.165) is 19.5 Å². The highest BCUT2D eigenvalue weighted by Crippen LogP contribution is 2.25. The van der Waals surface area contributed by atoms with Gasteiger partial charge < -0.3 is 5.32 Å². The number of benzene rings is 1. The molecule has 0 saturated carbocycles. The highest BCUT2D eigenvalue weighted by atomic mass is 32.2. The van der Waals surface area contributed by atoms with Crippen molar-refractivity contribution in [3.63, 3.8) is 0 Å². The summed E-state index contributed by atoms with van der Waals surface area (Å²) in [5.74, 6) is 0.610. The number of sulfone groups is 1. The summed E-state index contributed by atoms with van der Waals surface area (Å²) in [4.78, 5) is 2.87. The lowest BCUT2D eigenvalue weighted by atomic mass is 9.87. The number of likely N-dealkylation sites (tertiary alicyclic amines) is 1. The molecule has 1 aliphatic heterocycles. The van der Waals surface area contributed by atoms with Crippen molar-refractivity contribution in [2.45, 2.75) is 43.8 Å². The van der Waals surface area contributed by atoms with E-state index in [1.54, 1.807) is 12.1 Å². The maximum atomic E-state index is 11.5. The minimum atomic E-state index is -3.10. The molecule has 5 heteroatoms. The van der Waals surface area contributed by atoms with E-state index in [0.29, 0.717) is 22.9 Å². The second-order valence-electron chi connectivity index (χ2n) is 6.17. The Kier molecular flexibility index (Phi) is 5.07. The van der Waals surface area contributed by atoms with Crippen molar-refractivity contribution in [3.05, 3.63) is 29.8 Å². The quantitative estimate of drug-likeness (QED) is 0.923. The van der Waals surface area contributed by atoms with Crippen molar-refractivity contribution < 1.29 is 8.42 Å². The Balaban J connectivity index is 2.05. The first-order chi connectivity index (χ1) is 9.82. The third kappa shape index (κ3) is 3.84. The first-order valence-corrected chi connectivity index (χ1v) is 9.42. The summed E-state index contributed by atoms with van der Waals surface area (Å²) < 4.78 is 23.0. The zero-order chi connectivity index (χ0) is 15.6. The molecule has 4 nitrogen and oxygen atoms in total. The second-order valence-corrected chi connectivity index (χ2v) is 8.19. The molecule has 1 fully saturated rings. The first-order valence-electron chi connectivity index (χ1n) is 7.53. The van der Waals surface area contributed by atoms with E-state index in [1.807, 2.05) is 19.2 Å².